The molecule has 0 aliphatic rings. The number of nitrogens with one attached hydrogen (secondary N) is 1. The molecule has 2 aromatic heterocycles. The summed E-state index contributed by atoms with van der Waals surface area (Å²) < 4.78 is 1.43. The number of aromatic nitrogens is 3. The highest BCUT2D eigenvalue weighted by molar-refractivity contribution is 8.00. The number of anilines is 1. The van der Waals surface area contributed by atoms with E-state index < -0.39 is 0 Å². The van der Waals surface area contributed by atoms with Crippen LogP contribution < -0.4 is 11.2 Å². The molecule has 1 aromatic carbocycles. The summed E-state index contributed by atoms with van der Waals surface area (Å²) in [5.74, 6) is 6.57. The third-order valence-corrected chi connectivity index (χ3v) is 5.61. The van der Waals surface area contributed by atoms with Gasteiger partial charge in [-0.05, 0) is 42.5 Å². The zero-order valence-corrected chi connectivity index (χ0v) is 15.6. The van der Waals surface area contributed by atoms with E-state index in [2.05, 4.69) is 22.4 Å². The van der Waals surface area contributed by atoms with Crippen LogP contribution in [0, 0.1) is 0 Å². The summed E-state index contributed by atoms with van der Waals surface area (Å²) in [6.07, 6.45) is 0.971. The van der Waals surface area contributed by atoms with Gasteiger partial charge in [-0.25, -0.2) is 4.68 Å². The van der Waals surface area contributed by atoms with Crippen LogP contribution >= 0.6 is 23.1 Å². The van der Waals surface area contributed by atoms with Crippen LogP contribution in [-0.4, -0.2) is 26.0 Å². The average Bonchev–Trinajstić information content (AvgIpc) is 3.26. The molecule has 0 aliphatic heterocycles. The van der Waals surface area contributed by atoms with Gasteiger partial charge in [0.15, 0.2) is 5.82 Å². The van der Waals surface area contributed by atoms with E-state index >= 15 is 0 Å². The minimum absolute atomic E-state index is 0.102. The van der Waals surface area contributed by atoms with Crippen LogP contribution in [0.5, 0.6) is 0 Å². The lowest BCUT2D eigenvalue weighted by Crippen LogP contribution is -2.23. The van der Waals surface area contributed by atoms with Gasteiger partial charge in [-0.3, -0.25) is 4.79 Å². The van der Waals surface area contributed by atoms with Crippen molar-refractivity contribution in [3.8, 4) is 10.7 Å². The molecular formula is C17H19N5OS2. The van der Waals surface area contributed by atoms with Gasteiger partial charge >= 0.3 is 0 Å². The number of hydrogen-bond donors (Lipinski definition) is 2. The fourth-order valence-corrected chi connectivity index (χ4v) is 3.69. The van der Waals surface area contributed by atoms with Crippen LogP contribution in [-0.2, 0) is 11.2 Å². The van der Waals surface area contributed by atoms with Crippen LogP contribution in [0.1, 0.15) is 19.4 Å². The van der Waals surface area contributed by atoms with Gasteiger partial charge in [0.2, 0.25) is 11.1 Å². The molecule has 25 heavy (non-hydrogen) atoms. The summed E-state index contributed by atoms with van der Waals surface area (Å²) in [6.45, 7) is 3.92. The lowest BCUT2D eigenvalue weighted by molar-refractivity contribution is -0.115. The molecule has 0 radical (unpaired) electrons. The number of aryl methyl sites for hydroxylation is 1. The van der Waals surface area contributed by atoms with Gasteiger partial charge in [0.25, 0.3) is 0 Å². The summed E-state index contributed by atoms with van der Waals surface area (Å²) in [5, 5.41) is 13.2. The summed E-state index contributed by atoms with van der Waals surface area (Å²) in [4.78, 5) is 13.3. The standard InChI is InChI=1S/C17H19N5OS2/c1-3-12-6-8-13(9-7-12)19-16(23)11(2)25-17-21-20-15(22(17)18)14-5-4-10-24-14/h4-11H,3,18H2,1-2H3,(H,19,23). The van der Waals surface area contributed by atoms with E-state index in [0.717, 1.165) is 17.0 Å². The van der Waals surface area contributed by atoms with Crippen molar-refractivity contribution in [2.24, 2.45) is 0 Å². The number of hydrogen-bond acceptors (Lipinski definition) is 6. The van der Waals surface area contributed by atoms with E-state index in [1.165, 1.54) is 22.0 Å². The predicted octanol–water partition coefficient (Wildman–Crippen LogP) is 3.40. The largest absolute Gasteiger partial charge is 0.335 e. The molecule has 0 spiro atoms. The van der Waals surface area contributed by atoms with E-state index in [0.29, 0.717) is 11.0 Å². The van der Waals surface area contributed by atoms with Crippen molar-refractivity contribution in [1.82, 2.24) is 14.9 Å². The third kappa shape index (κ3) is 4.02. The first-order valence-electron chi connectivity index (χ1n) is 7.89. The monoisotopic (exact) mass is 373 g/mol. The number of benzene rings is 1. The molecule has 1 amide bonds. The molecule has 3 N–H and O–H groups in total. The first kappa shape index (κ1) is 17.5. The summed E-state index contributed by atoms with van der Waals surface area (Å²) in [6, 6.07) is 11.7. The van der Waals surface area contributed by atoms with Crippen LogP contribution in [0.3, 0.4) is 0 Å². The predicted molar refractivity (Wildman–Crippen MR) is 103 cm³/mol. The number of nitrogens with zero attached hydrogens (tertiary/aromatic N) is 3. The molecule has 1 atom stereocenters. The zero-order chi connectivity index (χ0) is 17.8. The van der Waals surface area contributed by atoms with Gasteiger partial charge in [-0.1, -0.05) is 36.9 Å². The zero-order valence-electron chi connectivity index (χ0n) is 14.0. The number of thioether (sulfide) groups is 1. The Kier molecular flexibility index (Phi) is 5.40. The lowest BCUT2D eigenvalue weighted by atomic mass is 10.1. The molecule has 0 aliphatic carbocycles. The van der Waals surface area contributed by atoms with E-state index in [-0.39, 0.29) is 11.2 Å². The Bertz CT molecular complexity index is 843. The van der Waals surface area contributed by atoms with Crippen molar-refractivity contribution < 1.29 is 4.79 Å². The highest BCUT2D eigenvalue weighted by Crippen LogP contribution is 2.27. The van der Waals surface area contributed by atoms with E-state index in [1.807, 2.05) is 48.7 Å². The summed E-state index contributed by atoms with van der Waals surface area (Å²) in [7, 11) is 0. The Labute approximate surface area is 154 Å². The maximum atomic E-state index is 12.4. The van der Waals surface area contributed by atoms with Gasteiger partial charge in [0, 0.05) is 5.69 Å². The normalized spacial score (nSPS) is 12.1. The fourth-order valence-electron chi connectivity index (χ4n) is 2.21. The Morgan fingerprint density at radius 3 is 2.72 bits per heavy atom. The van der Waals surface area contributed by atoms with Crippen molar-refractivity contribution >= 4 is 34.7 Å². The van der Waals surface area contributed by atoms with Crippen molar-refractivity contribution in [3.63, 3.8) is 0 Å². The number of thiophene rings is 1. The average molecular weight is 374 g/mol. The SMILES string of the molecule is CCc1ccc(NC(=O)C(C)Sc2nnc(-c3cccs3)n2N)cc1. The molecule has 0 bridgehead atoms. The quantitative estimate of drug-likeness (QED) is 0.511. The molecule has 3 rings (SSSR count). The topological polar surface area (TPSA) is 85.8 Å². The van der Waals surface area contributed by atoms with E-state index in [9.17, 15) is 4.79 Å². The smallest absolute Gasteiger partial charge is 0.237 e. The van der Waals surface area contributed by atoms with E-state index in [1.54, 1.807) is 11.3 Å². The van der Waals surface area contributed by atoms with Crippen LogP contribution in [0.4, 0.5) is 5.69 Å². The van der Waals surface area contributed by atoms with Gasteiger partial charge in [-0.15, -0.1) is 21.5 Å². The molecule has 130 valence electrons. The lowest BCUT2D eigenvalue weighted by Gasteiger charge is -2.11. The number of nitrogen functional groups attached to an aromatic ring is 1. The van der Waals surface area contributed by atoms with Gasteiger partial charge in [0.1, 0.15) is 0 Å². The van der Waals surface area contributed by atoms with Crippen LogP contribution in [0.15, 0.2) is 46.9 Å². The third-order valence-electron chi connectivity index (χ3n) is 3.69. The Morgan fingerprint density at radius 2 is 2.08 bits per heavy atom. The van der Waals surface area contributed by atoms with Crippen molar-refractivity contribution in [2.45, 2.75) is 30.7 Å². The number of amides is 1. The van der Waals surface area contributed by atoms with Crippen LogP contribution in [0.2, 0.25) is 0 Å². The summed E-state index contributed by atoms with van der Waals surface area (Å²) >= 11 is 2.82. The number of nitrogens with two attached hydrogens (primary N) is 1. The van der Waals surface area contributed by atoms with Gasteiger partial charge in [0.05, 0.1) is 10.1 Å². The summed E-state index contributed by atoms with van der Waals surface area (Å²) in [5.41, 5.74) is 2.01. The highest BCUT2D eigenvalue weighted by Gasteiger charge is 2.20. The fraction of sp³-hybridized carbons (Fsp3) is 0.235. The molecule has 6 nitrogen and oxygen atoms in total. The van der Waals surface area contributed by atoms with Gasteiger partial charge < -0.3 is 11.2 Å². The van der Waals surface area contributed by atoms with Crippen LogP contribution in [0.25, 0.3) is 10.7 Å². The van der Waals surface area contributed by atoms with Crippen molar-refractivity contribution in [1.29, 1.82) is 0 Å². The Hall–Kier alpha value is -2.32. The van der Waals surface area contributed by atoms with Crippen molar-refractivity contribution in [3.05, 3.63) is 47.3 Å². The molecule has 8 heteroatoms. The molecule has 2 heterocycles. The highest BCUT2D eigenvalue weighted by atomic mass is 32.2. The van der Waals surface area contributed by atoms with E-state index in [4.69, 9.17) is 5.84 Å². The maximum Gasteiger partial charge on any atom is 0.237 e. The first-order chi connectivity index (χ1) is 12.1. The van der Waals surface area contributed by atoms with Crippen molar-refractivity contribution in [2.75, 3.05) is 11.2 Å². The molecule has 0 saturated carbocycles. The molecule has 1 unspecified atom stereocenters. The number of carbonyl (C=O) groups excluding carboxylic acids is 1. The number of carbonyl (C=O) groups is 1. The minimum Gasteiger partial charge on any atom is -0.335 e. The first-order valence-corrected chi connectivity index (χ1v) is 9.65. The Balaban J connectivity index is 1.65. The van der Waals surface area contributed by atoms with Gasteiger partial charge in [-0.2, -0.15) is 0 Å². The molecular weight excluding hydrogens is 354 g/mol. The maximum absolute atomic E-state index is 12.4. The minimum atomic E-state index is -0.353. The molecule has 0 saturated heterocycles. The second-order valence-corrected chi connectivity index (χ2v) is 7.71. The number of rotatable bonds is 6. The second kappa shape index (κ2) is 7.71. The molecule has 0 fully saturated rings. The Morgan fingerprint density at radius 1 is 1.32 bits per heavy atom. The molecule has 3 aromatic rings. The second-order valence-electron chi connectivity index (χ2n) is 5.45.